The Hall–Kier alpha value is -1.67. The van der Waals surface area contributed by atoms with Gasteiger partial charge in [0.2, 0.25) is 5.91 Å². The van der Waals surface area contributed by atoms with E-state index in [4.69, 9.17) is 9.84 Å². The molecule has 1 rings (SSSR count). The van der Waals surface area contributed by atoms with E-state index in [0.717, 1.165) is 0 Å². The molecule has 18 heavy (non-hydrogen) atoms. The van der Waals surface area contributed by atoms with Crippen LogP contribution >= 0.6 is 0 Å². The molecule has 1 atom stereocenters. The number of morpholine rings is 1. The highest BCUT2D eigenvalue weighted by molar-refractivity contribution is 5.92. The molecule has 0 saturated carbocycles. The third kappa shape index (κ3) is 4.68. The van der Waals surface area contributed by atoms with Gasteiger partial charge in [0.05, 0.1) is 19.8 Å². The molecule has 1 aliphatic heterocycles. The van der Waals surface area contributed by atoms with Crippen molar-refractivity contribution in [1.29, 1.82) is 0 Å². The first kappa shape index (κ1) is 14.4. The molecule has 2 amide bonds. The third-order valence-electron chi connectivity index (χ3n) is 2.31. The molecule has 0 aliphatic carbocycles. The second-order valence-corrected chi connectivity index (χ2v) is 3.70. The highest BCUT2D eigenvalue weighted by Gasteiger charge is 2.27. The fourth-order valence-corrected chi connectivity index (χ4v) is 1.52. The van der Waals surface area contributed by atoms with Crippen molar-refractivity contribution in [2.24, 2.45) is 0 Å². The number of carbonyl (C=O) groups excluding carboxylic acids is 2. The van der Waals surface area contributed by atoms with Gasteiger partial charge in [-0.25, -0.2) is 9.59 Å². The summed E-state index contributed by atoms with van der Waals surface area (Å²) in [7, 11) is 0. The lowest BCUT2D eigenvalue weighted by Gasteiger charge is -2.29. The van der Waals surface area contributed by atoms with Crippen molar-refractivity contribution in [3.05, 3.63) is 0 Å². The number of carboxylic acid groups (broad SMARTS) is 1. The number of aliphatic carboxylic acids is 1. The summed E-state index contributed by atoms with van der Waals surface area (Å²) in [4.78, 5) is 34.7. The van der Waals surface area contributed by atoms with Gasteiger partial charge < -0.3 is 14.6 Å². The standard InChI is InChI=1S/C10H16N2O6/c1-2-17-10(16)11-8(13)6-12-3-4-18-7(5-12)9(14)15/h7H,2-6H2,1H3,(H,14,15)(H,11,13,16). The van der Waals surface area contributed by atoms with Gasteiger partial charge in [0.1, 0.15) is 0 Å². The molecule has 0 aromatic rings. The molecule has 0 radical (unpaired) electrons. The van der Waals surface area contributed by atoms with E-state index < -0.39 is 24.1 Å². The average molecular weight is 260 g/mol. The highest BCUT2D eigenvalue weighted by atomic mass is 16.5. The maximum absolute atomic E-state index is 11.4. The van der Waals surface area contributed by atoms with Crippen LogP contribution in [0.2, 0.25) is 0 Å². The lowest BCUT2D eigenvalue weighted by atomic mass is 10.2. The maximum Gasteiger partial charge on any atom is 0.413 e. The normalized spacial score (nSPS) is 20.2. The number of alkyl carbamates (subject to hydrolysis) is 1. The lowest BCUT2D eigenvalue weighted by Crippen LogP contribution is -2.50. The van der Waals surface area contributed by atoms with Gasteiger partial charge in [0.15, 0.2) is 6.10 Å². The number of hydrogen-bond donors (Lipinski definition) is 2. The predicted octanol–water partition coefficient (Wildman–Crippen LogP) is -0.955. The zero-order valence-corrected chi connectivity index (χ0v) is 10.0. The monoisotopic (exact) mass is 260 g/mol. The number of nitrogens with one attached hydrogen (secondary N) is 1. The Balaban J connectivity index is 2.35. The van der Waals surface area contributed by atoms with Crippen molar-refractivity contribution in [1.82, 2.24) is 10.2 Å². The number of imide groups is 1. The van der Waals surface area contributed by atoms with Crippen LogP contribution in [0.1, 0.15) is 6.92 Å². The highest BCUT2D eigenvalue weighted by Crippen LogP contribution is 2.04. The van der Waals surface area contributed by atoms with Crippen LogP contribution in [-0.2, 0) is 19.1 Å². The lowest BCUT2D eigenvalue weighted by molar-refractivity contribution is -0.156. The van der Waals surface area contributed by atoms with Crippen LogP contribution in [-0.4, -0.2) is 66.9 Å². The van der Waals surface area contributed by atoms with Crippen LogP contribution < -0.4 is 5.32 Å². The smallest absolute Gasteiger partial charge is 0.413 e. The molecular formula is C10H16N2O6. The van der Waals surface area contributed by atoms with E-state index in [1.807, 2.05) is 5.32 Å². The number of amides is 2. The summed E-state index contributed by atoms with van der Waals surface area (Å²) in [5.74, 6) is -1.59. The van der Waals surface area contributed by atoms with Gasteiger partial charge in [-0.2, -0.15) is 0 Å². The van der Waals surface area contributed by atoms with E-state index in [1.54, 1.807) is 11.8 Å². The molecule has 8 nitrogen and oxygen atoms in total. The van der Waals surface area contributed by atoms with Crippen molar-refractivity contribution in [3.63, 3.8) is 0 Å². The van der Waals surface area contributed by atoms with Crippen LogP contribution in [0.3, 0.4) is 0 Å². The molecule has 0 bridgehead atoms. The number of ether oxygens (including phenoxy) is 2. The first-order valence-corrected chi connectivity index (χ1v) is 5.56. The summed E-state index contributed by atoms with van der Waals surface area (Å²) in [6, 6.07) is 0. The Morgan fingerprint density at radius 3 is 2.83 bits per heavy atom. The summed E-state index contributed by atoms with van der Waals surface area (Å²) in [5, 5.41) is 10.8. The molecule has 1 unspecified atom stereocenters. The molecule has 1 aliphatic rings. The van der Waals surface area contributed by atoms with Crippen LogP contribution in [0.25, 0.3) is 0 Å². The minimum atomic E-state index is -1.06. The van der Waals surface area contributed by atoms with E-state index in [0.29, 0.717) is 6.54 Å². The van der Waals surface area contributed by atoms with E-state index in [1.165, 1.54) is 0 Å². The first-order valence-electron chi connectivity index (χ1n) is 5.56. The third-order valence-corrected chi connectivity index (χ3v) is 2.31. The topological polar surface area (TPSA) is 105 Å². The van der Waals surface area contributed by atoms with Crippen molar-refractivity contribution >= 4 is 18.0 Å². The second kappa shape index (κ2) is 6.92. The summed E-state index contributed by atoms with van der Waals surface area (Å²) >= 11 is 0. The quantitative estimate of drug-likeness (QED) is 0.671. The Morgan fingerprint density at radius 1 is 1.50 bits per heavy atom. The zero-order valence-electron chi connectivity index (χ0n) is 10.0. The summed E-state index contributed by atoms with van der Waals surface area (Å²) < 4.78 is 9.56. The minimum Gasteiger partial charge on any atom is -0.479 e. The van der Waals surface area contributed by atoms with Crippen molar-refractivity contribution in [2.45, 2.75) is 13.0 Å². The molecule has 0 aromatic carbocycles. The summed E-state index contributed by atoms with van der Waals surface area (Å²) in [6.45, 7) is 2.54. The SMILES string of the molecule is CCOC(=O)NC(=O)CN1CCOC(C(=O)O)C1. The zero-order chi connectivity index (χ0) is 13.5. The van der Waals surface area contributed by atoms with E-state index in [9.17, 15) is 14.4 Å². The Morgan fingerprint density at radius 2 is 2.22 bits per heavy atom. The predicted molar refractivity (Wildman–Crippen MR) is 59.0 cm³/mol. The van der Waals surface area contributed by atoms with E-state index >= 15 is 0 Å². The molecule has 2 N–H and O–H groups in total. The number of hydrogen-bond acceptors (Lipinski definition) is 6. The van der Waals surface area contributed by atoms with Gasteiger partial charge >= 0.3 is 12.1 Å². The maximum atomic E-state index is 11.4. The summed E-state index contributed by atoms with van der Waals surface area (Å²) in [5.41, 5.74) is 0. The van der Waals surface area contributed by atoms with Gasteiger partial charge in [-0.05, 0) is 6.92 Å². The number of carboxylic acids is 1. The summed E-state index contributed by atoms with van der Waals surface area (Å²) in [6.07, 6.45) is -1.74. The fraction of sp³-hybridized carbons (Fsp3) is 0.700. The second-order valence-electron chi connectivity index (χ2n) is 3.70. The van der Waals surface area contributed by atoms with Gasteiger partial charge in [-0.3, -0.25) is 15.0 Å². The van der Waals surface area contributed by atoms with E-state index in [2.05, 4.69) is 4.74 Å². The van der Waals surface area contributed by atoms with E-state index in [-0.39, 0.29) is 26.3 Å². The van der Waals surface area contributed by atoms with Crippen LogP contribution in [0, 0.1) is 0 Å². The molecule has 0 aromatic heterocycles. The molecule has 1 heterocycles. The van der Waals surface area contributed by atoms with Gasteiger partial charge in [0.25, 0.3) is 0 Å². The molecule has 8 heteroatoms. The van der Waals surface area contributed by atoms with Crippen LogP contribution in [0.15, 0.2) is 0 Å². The first-order chi connectivity index (χ1) is 8.52. The van der Waals surface area contributed by atoms with Crippen molar-refractivity contribution in [2.75, 3.05) is 32.8 Å². The van der Waals surface area contributed by atoms with Gasteiger partial charge in [-0.15, -0.1) is 0 Å². The largest absolute Gasteiger partial charge is 0.479 e. The van der Waals surface area contributed by atoms with Crippen molar-refractivity contribution < 1.29 is 29.0 Å². The van der Waals surface area contributed by atoms with Crippen LogP contribution in [0.4, 0.5) is 4.79 Å². The number of nitrogens with zero attached hydrogens (tertiary/aromatic N) is 1. The average Bonchev–Trinajstić information content (AvgIpc) is 2.29. The Labute approximate surface area is 104 Å². The van der Waals surface area contributed by atoms with Crippen LogP contribution in [0.5, 0.6) is 0 Å². The Bertz CT molecular complexity index is 332. The molecule has 102 valence electrons. The molecule has 1 saturated heterocycles. The van der Waals surface area contributed by atoms with Gasteiger partial charge in [-0.1, -0.05) is 0 Å². The molecular weight excluding hydrogens is 244 g/mol. The van der Waals surface area contributed by atoms with Gasteiger partial charge in [0, 0.05) is 13.1 Å². The van der Waals surface area contributed by atoms with Crippen molar-refractivity contribution in [3.8, 4) is 0 Å². The fourth-order valence-electron chi connectivity index (χ4n) is 1.52. The minimum absolute atomic E-state index is 0.0635. The number of carbonyl (C=O) groups is 3. The Kier molecular flexibility index (Phi) is 5.53. The molecule has 1 fully saturated rings. The molecule has 0 spiro atoms. The number of rotatable bonds is 4.